The fourth-order valence-corrected chi connectivity index (χ4v) is 2.43. The van der Waals surface area contributed by atoms with Crippen molar-refractivity contribution in [3.05, 3.63) is 45.3 Å². The lowest BCUT2D eigenvalue weighted by molar-refractivity contribution is 1.32. The molecule has 2 heterocycles. The molecule has 0 radical (unpaired) electrons. The highest BCUT2D eigenvalue weighted by Crippen LogP contribution is 2.27. The number of benzene rings is 1. The van der Waals surface area contributed by atoms with Crippen molar-refractivity contribution in [3.63, 3.8) is 0 Å². The monoisotopic (exact) mass is 355 g/mol. The molecular formula is C12H7ClIN3. The number of aromatic amines is 1. The summed E-state index contributed by atoms with van der Waals surface area (Å²) in [7, 11) is 0. The summed E-state index contributed by atoms with van der Waals surface area (Å²) < 4.78 is 1.11. The van der Waals surface area contributed by atoms with Gasteiger partial charge in [0.25, 0.3) is 0 Å². The number of aromatic nitrogens is 3. The van der Waals surface area contributed by atoms with Crippen molar-refractivity contribution in [2.75, 3.05) is 0 Å². The predicted octanol–water partition coefficient (Wildman–Crippen LogP) is 3.88. The van der Waals surface area contributed by atoms with Gasteiger partial charge in [-0.15, -0.1) is 0 Å². The van der Waals surface area contributed by atoms with Crippen molar-refractivity contribution in [1.82, 2.24) is 15.0 Å². The van der Waals surface area contributed by atoms with Gasteiger partial charge in [0.15, 0.2) is 0 Å². The van der Waals surface area contributed by atoms with Crippen molar-refractivity contribution in [2.45, 2.75) is 0 Å². The molecule has 5 heteroatoms. The first-order chi connectivity index (χ1) is 8.24. The summed E-state index contributed by atoms with van der Waals surface area (Å²) in [6, 6.07) is 7.64. The molecule has 2 aromatic heterocycles. The summed E-state index contributed by atoms with van der Waals surface area (Å²) in [6.45, 7) is 0. The largest absolute Gasteiger partial charge is 0.337 e. The summed E-state index contributed by atoms with van der Waals surface area (Å²) in [5.74, 6) is 0.819. The van der Waals surface area contributed by atoms with E-state index in [9.17, 15) is 0 Å². The van der Waals surface area contributed by atoms with Crippen molar-refractivity contribution in [3.8, 4) is 11.4 Å². The zero-order valence-corrected chi connectivity index (χ0v) is 11.5. The minimum absolute atomic E-state index is 0.707. The van der Waals surface area contributed by atoms with Gasteiger partial charge < -0.3 is 4.98 Å². The number of hydrogen-bond acceptors (Lipinski definition) is 2. The van der Waals surface area contributed by atoms with E-state index >= 15 is 0 Å². The van der Waals surface area contributed by atoms with Crippen molar-refractivity contribution in [1.29, 1.82) is 0 Å². The van der Waals surface area contributed by atoms with E-state index in [1.807, 2.05) is 24.3 Å². The molecule has 0 atom stereocenters. The van der Waals surface area contributed by atoms with E-state index in [1.165, 1.54) is 0 Å². The molecule has 0 fully saturated rings. The van der Waals surface area contributed by atoms with Crippen LogP contribution in [-0.2, 0) is 0 Å². The van der Waals surface area contributed by atoms with E-state index in [1.54, 1.807) is 12.4 Å². The van der Waals surface area contributed by atoms with Crippen LogP contribution in [-0.4, -0.2) is 15.0 Å². The highest BCUT2D eigenvalue weighted by atomic mass is 127. The first kappa shape index (κ1) is 11.0. The topological polar surface area (TPSA) is 41.6 Å². The second-order valence-corrected chi connectivity index (χ2v) is 5.20. The molecule has 0 aliphatic carbocycles. The Morgan fingerprint density at radius 3 is 2.94 bits per heavy atom. The molecule has 0 saturated carbocycles. The third-order valence-electron chi connectivity index (χ3n) is 2.47. The summed E-state index contributed by atoms with van der Waals surface area (Å²) in [5, 5.41) is 0.707. The van der Waals surface area contributed by atoms with E-state index in [0.29, 0.717) is 5.02 Å². The highest BCUT2D eigenvalue weighted by molar-refractivity contribution is 14.1. The third-order valence-corrected chi connectivity index (χ3v) is 3.64. The molecule has 3 rings (SSSR count). The van der Waals surface area contributed by atoms with E-state index in [2.05, 4.69) is 37.5 Å². The number of halogens is 2. The Morgan fingerprint density at radius 1 is 1.24 bits per heavy atom. The van der Waals surface area contributed by atoms with Gasteiger partial charge in [0.05, 0.1) is 17.2 Å². The summed E-state index contributed by atoms with van der Waals surface area (Å²) >= 11 is 8.28. The van der Waals surface area contributed by atoms with E-state index < -0.39 is 0 Å². The maximum atomic E-state index is 6.01. The summed E-state index contributed by atoms with van der Waals surface area (Å²) in [6.07, 6.45) is 3.50. The quantitative estimate of drug-likeness (QED) is 0.673. The van der Waals surface area contributed by atoms with Crippen LogP contribution in [0, 0.1) is 3.57 Å². The van der Waals surface area contributed by atoms with Gasteiger partial charge in [-0.3, -0.25) is 4.98 Å². The van der Waals surface area contributed by atoms with Gasteiger partial charge in [-0.05, 0) is 46.9 Å². The van der Waals surface area contributed by atoms with Gasteiger partial charge in [0.1, 0.15) is 5.82 Å². The molecule has 84 valence electrons. The number of hydrogen-bond donors (Lipinski definition) is 1. The van der Waals surface area contributed by atoms with Crippen LogP contribution in [0.2, 0.25) is 5.02 Å². The Hall–Kier alpha value is -1.14. The van der Waals surface area contributed by atoms with Crippen LogP contribution in [0.15, 0.2) is 36.7 Å². The Bertz CT molecular complexity index is 660. The Balaban J connectivity index is 2.23. The summed E-state index contributed by atoms with van der Waals surface area (Å²) in [4.78, 5) is 11.8. The maximum Gasteiger partial charge on any atom is 0.139 e. The number of nitrogens with zero attached hydrogens (tertiary/aromatic N) is 2. The number of rotatable bonds is 1. The molecule has 0 spiro atoms. The zero-order chi connectivity index (χ0) is 11.8. The SMILES string of the molecule is Clc1ccc(I)c(-c2nc3ccncc3[nH]2)c1. The van der Waals surface area contributed by atoms with Crippen LogP contribution in [0.5, 0.6) is 0 Å². The highest BCUT2D eigenvalue weighted by Gasteiger charge is 2.08. The van der Waals surface area contributed by atoms with Crippen LogP contribution in [0.3, 0.4) is 0 Å². The van der Waals surface area contributed by atoms with Crippen LogP contribution < -0.4 is 0 Å². The molecular weight excluding hydrogens is 349 g/mol. The Kier molecular flexibility index (Phi) is 2.76. The van der Waals surface area contributed by atoms with Crippen molar-refractivity contribution >= 4 is 45.2 Å². The van der Waals surface area contributed by atoms with Crippen molar-refractivity contribution < 1.29 is 0 Å². The molecule has 3 nitrogen and oxygen atoms in total. The number of H-pyrrole nitrogens is 1. The number of pyridine rings is 1. The molecule has 17 heavy (non-hydrogen) atoms. The molecule has 0 amide bonds. The van der Waals surface area contributed by atoms with Crippen LogP contribution in [0.25, 0.3) is 22.4 Å². The maximum absolute atomic E-state index is 6.01. The normalized spacial score (nSPS) is 10.9. The van der Waals surface area contributed by atoms with Crippen LogP contribution in [0.4, 0.5) is 0 Å². The average Bonchev–Trinajstić information content (AvgIpc) is 2.75. The van der Waals surface area contributed by atoms with Gasteiger partial charge in [-0.2, -0.15) is 0 Å². The second kappa shape index (κ2) is 4.27. The number of fused-ring (bicyclic) bond motifs is 1. The van der Waals surface area contributed by atoms with Gasteiger partial charge in [0.2, 0.25) is 0 Å². The average molecular weight is 356 g/mol. The Morgan fingerprint density at radius 2 is 2.12 bits per heavy atom. The van der Waals surface area contributed by atoms with Gasteiger partial charge in [0, 0.05) is 20.4 Å². The van der Waals surface area contributed by atoms with Crippen LogP contribution >= 0.6 is 34.2 Å². The van der Waals surface area contributed by atoms with E-state index in [-0.39, 0.29) is 0 Å². The van der Waals surface area contributed by atoms with Gasteiger partial charge >= 0.3 is 0 Å². The fraction of sp³-hybridized carbons (Fsp3) is 0. The molecule has 0 unspecified atom stereocenters. The molecule has 3 aromatic rings. The number of nitrogens with one attached hydrogen (secondary N) is 1. The first-order valence-electron chi connectivity index (χ1n) is 4.99. The van der Waals surface area contributed by atoms with Crippen molar-refractivity contribution in [2.24, 2.45) is 0 Å². The first-order valence-corrected chi connectivity index (χ1v) is 6.45. The molecule has 1 aromatic carbocycles. The van der Waals surface area contributed by atoms with Crippen LogP contribution in [0.1, 0.15) is 0 Å². The molecule has 0 bridgehead atoms. The zero-order valence-electron chi connectivity index (χ0n) is 8.61. The fourth-order valence-electron chi connectivity index (χ4n) is 1.66. The smallest absolute Gasteiger partial charge is 0.139 e. The standard InChI is InChI=1S/C12H7ClIN3/c13-7-1-2-9(14)8(5-7)12-16-10-3-4-15-6-11(10)17-12/h1-6H,(H,16,17). The molecule has 0 aliphatic heterocycles. The second-order valence-electron chi connectivity index (χ2n) is 3.60. The lowest BCUT2D eigenvalue weighted by Crippen LogP contribution is -1.84. The predicted molar refractivity (Wildman–Crippen MR) is 77.1 cm³/mol. The molecule has 0 saturated heterocycles. The number of imidazole rings is 1. The molecule has 1 N–H and O–H groups in total. The van der Waals surface area contributed by atoms with E-state index in [0.717, 1.165) is 26.0 Å². The molecule has 0 aliphatic rings. The lowest BCUT2D eigenvalue weighted by Gasteiger charge is -2.00. The lowest BCUT2D eigenvalue weighted by atomic mass is 10.2. The minimum atomic E-state index is 0.707. The van der Waals surface area contributed by atoms with E-state index in [4.69, 9.17) is 11.6 Å². The minimum Gasteiger partial charge on any atom is -0.337 e. The van der Waals surface area contributed by atoms with Gasteiger partial charge in [-0.1, -0.05) is 11.6 Å². The summed E-state index contributed by atoms with van der Waals surface area (Å²) in [5.41, 5.74) is 2.85. The van der Waals surface area contributed by atoms with Gasteiger partial charge in [-0.25, -0.2) is 4.98 Å². The third kappa shape index (κ3) is 2.02. The Labute approximate surface area is 116 Å².